The first kappa shape index (κ1) is 14.0. The molecule has 1 aliphatic rings. The number of aryl methyl sites for hydroxylation is 2. The van der Waals surface area contributed by atoms with Gasteiger partial charge in [0.25, 0.3) is 5.91 Å². The van der Waals surface area contributed by atoms with Crippen LogP contribution in [0.25, 0.3) is 5.65 Å². The fourth-order valence-corrected chi connectivity index (χ4v) is 3.36. The van der Waals surface area contributed by atoms with Gasteiger partial charge in [-0.05, 0) is 31.2 Å². The average molecular weight is 312 g/mol. The monoisotopic (exact) mass is 312 g/mol. The molecule has 0 fully saturated rings. The number of imidazole rings is 1. The van der Waals surface area contributed by atoms with Crippen molar-refractivity contribution in [1.82, 2.24) is 29.7 Å². The molecule has 0 unspecified atom stereocenters. The molecule has 2 N–H and O–H groups in total. The SMILES string of the molecule is Cn1ccn2ncc(C(=O)NCCc3n[nH]c4c3CCCC4)c12. The van der Waals surface area contributed by atoms with Crippen LogP contribution in [0.1, 0.15) is 40.2 Å². The van der Waals surface area contributed by atoms with E-state index >= 15 is 0 Å². The maximum absolute atomic E-state index is 12.4. The summed E-state index contributed by atoms with van der Waals surface area (Å²) in [5.74, 6) is -0.0915. The highest BCUT2D eigenvalue weighted by Gasteiger charge is 2.18. The number of fused-ring (bicyclic) bond motifs is 2. The van der Waals surface area contributed by atoms with Crippen molar-refractivity contribution >= 4 is 11.6 Å². The maximum atomic E-state index is 12.4. The predicted molar refractivity (Wildman–Crippen MR) is 85.4 cm³/mol. The zero-order chi connectivity index (χ0) is 15.8. The standard InChI is InChI=1S/C16H20N6O/c1-21-8-9-22-16(21)12(10-18-22)15(23)17-7-6-14-11-4-2-3-5-13(11)19-20-14/h8-10H,2-7H2,1H3,(H,17,23)(H,19,20). The molecule has 120 valence electrons. The van der Waals surface area contributed by atoms with Crippen molar-refractivity contribution in [2.75, 3.05) is 6.54 Å². The highest BCUT2D eigenvalue weighted by Crippen LogP contribution is 2.22. The number of carbonyl (C=O) groups is 1. The largest absolute Gasteiger partial charge is 0.351 e. The molecule has 0 atom stereocenters. The van der Waals surface area contributed by atoms with E-state index in [0.717, 1.165) is 30.6 Å². The number of hydrogen-bond donors (Lipinski definition) is 2. The first-order valence-corrected chi connectivity index (χ1v) is 8.06. The van der Waals surface area contributed by atoms with Gasteiger partial charge in [0.05, 0.1) is 11.9 Å². The Morgan fingerprint density at radius 2 is 2.22 bits per heavy atom. The topological polar surface area (TPSA) is 80.0 Å². The number of aromatic nitrogens is 5. The van der Waals surface area contributed by atoms with Gasteiger partial charge in [0.1, 0.15) is 11.2 Å². The molecular weight excluding hydrogens is 292 g/mol. The molecule has 0 radical (unpaired) electrons. The quantitative estimate of drug-likeness (QED) is 0.761. The van der Waals surface area contributed by atoms with E-state index < -0.39 is 0 Å². The van der Waals surface area contributed by atoms with Crippen molar-refractivity contribution in [2.24, 2.45) is 7.05 Å². The lowest BCUT2D eigenvalue weighted by Crippen LogP contribution is -2.26. The summed E-state index contributed by atoms with van der Waals surface area (Å²) < 4.78 is 3.60. The zero-order valence-corrected chi connectivity index (χ0v) is 13.2. The minimum Gasteiger partial charge on any atom is -0.351 e. The third kappa shape index (κ3) is 2.42. The van der Waals surface area contributed by atoms with Gasteiger partial charge < -0.3 is 9.88 Å². The van der Waals surface area contributed by atoms with Gasteiger partial charge in [-0.2, -0.15) is 10.2 Å². The summed E-state index contributed by atoms with van der Waals surface area (Å²) >= 11 is 0. The number of hydrogen-bond acceptors (Lipinski definition) is 3. The molecule has 1 amide bonds. The van der Waals surface area contributed by atoms with E-state index in [-0.39, 0.29) is 5.91 Å². The highest BCUT2D eigenvalue weighted by atomic mass is 16.1. The van der Waals surface area contributed by atoms with Gasteiger partial charge in [0, 0.05) is 38.1 Å². The van der Waals surface area contributed by atoms with Crippen LogP contribution in [0.5, 0.6) is 0 Å². The Morgan fingerprint density at radius 1 is 1.35 bits per heavy atom. The highest BCUT2D eigenvalue weighted by molar-refractivity contribution is 5.99. The van der Waals surface area contributed by atoms with Crippen LogP contribution in [0.2, 0.25) is 0 Å². The number of nitrogens with one attached hydrogen (secondary N) is 2. The molecule has 3 aromatic heterocycles. The summed E-state index contributed by atoms with van der Waals surface area (Å²) in [7, 11) is 1.91. The van der Waals surface area contributed by atoms with Crippen molar-refractivity contribution in [3.05, 3.63) is 41.1 Å². The number of rotatable bonds is 4. The Kier molecular flexibility index (Phi) is 3.40. The Labute approximate surface area is 133 Å². The van der Waals surface area contributed by atoms with Crippen molar-refractivity contribution in [3.63, 3.8) is 0 Å². The van der Waals surface area contributed by atoms with Crippen LogP contribution >= 0.6 is 0 Å². The molecule has 3 aromatic rings. The van der Waals surface area contributed by atoms with Gasteiger partial charge >= 0.3 is 0 Å². The molecule has 1 aliphatic carbocycles. The first-order valence-electron chi connectivity index (χ1n) is 8.06. The van der Waals surface area contributed by atoms with Gasteiger partial charge in [-0.3, -0.25) is 9.89 Å². The lowest BCUT2D eigenvalue weighted by molar-refractivity contribution is 0.0955. The van der Waals surface area contributed by atoms with Crippen molar-refractivity contribution in [1.29, 1.82) is 0 Å². The van der Waals surface area contributed by atoms with E-state index in [2.05, 4.69) is 20.6 Å². The molecule has 0 aromatic carbocycles. The molecule has 0 bridgehead atoms. The Morgan fingerprint density at radius 3 is 3.13 bits per heavy atom. The van der Waals surface area contributed by atoms with Crippen LogP contribution in [0.3, 0.4) is 0 Å². The molecule has 0 saturated carbocycles. The third-order valence-corrected chi connectivity index (χ3v) is 4.57. The minimum absolute atomic E-state index is 0.0915. The smallest absolute Gasteiger partial charge is 0.256 e. The second-order valence-corrected chi connectivity index (χ2v) is 6.08. The zero-order valence-electron chi connectivity index (χ0n) is 13.2. The Hall–Kier alpha value is -2.57. The van der Waals surface area contributed by atoms with Gasteiger partial charge in [0.15, 0.2) is 0 Å². The Balaban J connectivity index is 1.42. The summed E-state index contributed by atoms with van der Waals surface area (Å²) in [6.07, 6.45) is 10.7. The molecule has 0 spiro atoms. The summed E-state index contributed by atoms with van der Waals surface area (Å²) in [5.41, 5.74) is 5.14. The summed E-state index contributed by atoms with van der Waals surface area (Å²) in [5, 5.41) is 14.7. The average Bonchev–Trinajstić information content (AvgIpc) is 3.24. The predicted octanol–water partition coefficient (Wildman–Crippen LogP) is 1.25. The molecule has 0 saturated heterocycles. The van der Waals surface area contributed by atoms with Crippen LogP contribution in [0.4, 0.5) is 0 Å². The van der Waals surface area contributed by atoms with Crippen LogP contribution in [0.15, 0.2) is 18.6 Å². The second-order valence-electron chi connectivity index (χ2n) is 6.08. The maximum Gasteiger partial charge on any atom is 0.256 e. The molecule has 0 aliphatic heterocycles. The molecular formula is C16H20N6O. The number of carbonyl (C=O) groups excluding carboxylic acids is 1. The first-order chi connectivity index (χ1) is 11.2. The summed E-state index contributed by atoms with van der Waals surface area (Å²) in [4.78, 5) is 12.4. The van der Waals surface area contributed by atoms with Crippen LogP contribution in [0, 0.1) is 0 Å². The van der Waals surface area contributed by atoms with Gasteiger partial charge in [-0.25, -0.2) is 4.52 Å². The van der Waals surface area contributed by atoms with Crippen molar-refractivity contribution in [2.45, 2.75) is 32.1 Å². The Bertz CT molecular complexity index is 855. The van der Waals surface area contributed by atoms with Gasteiger partial charge in [0.2, 0.25) is 0 Å². The van der Waals surface area contributed by atoms with Crippen molar-refractivity contribution in [3.8, 4) is 0 Å². The molecule has 3 heterocycles. The number of nitrogens with zero attached hydrogens (tertiary/aromatic N) is 4. The van der Waals surface area contributed by atoms with Gasteiger partial charge in [-0.15, -0.1) is 0 Å². The fourth-order valence-electron chi connectivity index (χ4n) is 3.36. The van der Waals surface area contributed by atoms with Crippen molar-refractivity contribution < 1.29 is 4.79 Å². The van der Waals surface area contributed by atoms with E-state index in [0.29, 0.717) is 12.1 Å². The second kappa shape index (κ2) is 5.57. The van der Waals surface area contributed by atoms with E-state index in [9.17, 15) is 4.79 Å². The molecule has 7 nitrogen and oxygen atoms in total. The van der Waals surface area contributed by atoms with E-state index in [1.807, 2.05) is 24.0 Å². The molecule has 23 heavy (non-hydrogen) atoms. The fraction of sp³-hybridized carbons (Fsp3) is 0.438. The molecule has 7 heteroatoms. The van der Waals surface area contributed by atoms with Crippen LogP contribution in [-0.2, 0) is 26.3 Å². The number of aromatic amines is 1. The lowest BCUT2D eigenvalue weighted by Gasteiger charge is -2.11. The van der Waals surface area contributed by atoms with Crippen LogP contribution < -0.4 is 5.32 Å². The normalized spacial score (nSPS) is 14.1. The van der Waals surface area contributed by atoms with Crippen LogP contribution in [-0.4, -0.2) is 36.8 Å². The van der Waals surface area contributed by atoms with E-state index in [1.165, 1.54) is 24.1 Å². The molecule has 4 rings (SSSR count). The summed E-state index contributed by atoms with van der Waals surface area (Å²) in [6.45, 7) is 0.581. The van der Waals surface area contributed by atoms with E-state index in [1.54, 1.807) is 10.7 Å². The van der Waals surface area contributed by atoms with Gasteiger partial charge in [-0.1, -0.05) is 0 Å². The number of amides is 1. The summed E-state index contributed by atoms with van der Waals surface area (Å²) in [6, 6.07) is 0. The third-order valence-electron chi connectivity index (χ3n) is 4.57. The lowest BCUT2D eigenvalue weighted by atomic mass is 9.95. The van der Waals surface area contributed by atoms with E-state index in [4.69, 9.17) is 0 Å². The minimum atomic E-state index is -0.0915. The number of H-pyrrole nitrogens is 1.